The minimum Gasteiger partial charge on any atom is -0.466 e. The molecule has 2 heterocycles. The quantitative estimate of drug-likeness (QED) is 0.890. The summed E-state index contributed by atoms with van der Waals surface area (Å²) >= 11 is 0. The molecule has 2 rings (SSSR count). The van der Waals surface area contributed by atoms with Gasteiger partial charge in [-0.15, -0.1) is 0 Å². The van der Waals surface area contributed by atoms with Crippen LogP contribution in [0.2, 0.25) is 0 Å². The number of aryl methyl sites for hydroxylation is 2. The Morgan fingerprint density at radius 1 is 1.44 bits per heavy atom. The summed E-state index contributed by atoms with van der Waals surface area (Å²) in [7, 11) is 2.21. The van der Waals surface area contributed by atoms with Crippen LogP contribution in [-0.2, 0) is 0 Å². The lowest BCUT2D eigenvalue weighted by molar-refractivity contribution is 0.213. The van der Waals surface area contributed by atoms with Crippen molar-refractivity contribution >= 4 is 0 Å². The molecule has 1 saturated heterocycles. The maximum absolute atomic E-state index is 5.63. The van der Waals surface area contributed by atoms with E-state index in [0.29, 0.717) is 12.1 Å². The summed E-state index contributed by atoms with van der Waals surface area (Å²) in [5, 5.41) is 3.61. The minimum atomic E-state index is 0.422. The van der Waals surface area contributed by atoms with Crippen molar-refractivity contribution in [2.45, 2.75) is 52.1 Å². The van der Waals surface area contributed by atoms with Crippen LogP contribution in [0, 0.1) is 13.8 Å². The molecule has 3 nitrogen and oxygen atoms in total. The second-order valence-electron chi connectivity index (χ2n) is 5.63. The molecule has 1 aliphatic heterocycles. The van der Waals surface area contributed by atoms with Crippen molar-refractivity contribution in [3.63, 3.8) is 0 Å². The van der Waals surface area contributed by atoms with Crippen molar-refractivity contribution < 1.29 is 4.42 Å². The van der Waals surface area contributed by atoms with Crippen LogP contribution >= 0.6 is 0 Å². The number of nitrogens with one attached hydrogen (secondary N) is 1. The monoisotopic (exact) mass is 250 g/mol. The topological polar surface area (TPSA) is 28.4 Å². The van der Waals surface area contributed by atoms with Gasteiger partial charge in [0.05, 0.1) is 0 Å². The number of furan rings is 1. The lowest BCUT2D eigenvalue weighted by Crippen LogP contribution is -2.43. The van der Waals surface area contributed by atoms with Crippen molar-refractivity contribution in [1.29, 1.82) is 0 Å². The van der Waals surface area contributed by atoms with Crippen molar-refractivity contribution in [3.05, 3.63) is 23.2 Å². The molecule has 0 aromatic carbocycles. The van der Waals surface area contributed by atoms with Gasteiger partial charge in [0.2, 0.25) is 0 Å². The van der Waals surface area contributed by atoms with Gasteiger partial charge in [0, 0.05) is 24.2 Å². The summed E-state index contributed by atoms with van der Waals surface area (Å²) in [6.45, 7) is 8.64. The van der Waals surface area contributed by atoms with Crippen LogP contribution in [0.15, 0.2) is 10.5 Å². The maximum Gasteiger partial charge on any atom is 0.105 e. The second-order valence-corrected chi connectivity index (χ2v) is 5.63. The molecule has 2 unspecified atom stereocenters. The second kappa shape index (κ2) is 5.89. The summed E-state index contributed by atoms with van der Waals surface area (Å²) in [6.07, 6.45) is 4.00. The summed E-state index contributed by atoms with van der Waals surface area (Å²) in [5.41, 5.74) is 1.32. The van der Waals surface area contributed by atoms with Crippen LogP contribution in [0.25, 0.3) is 0 Å². The Kier molecular flexibility index (Phi) is 4.46. The number of likely N-dealkylation sites (N-methyl/N-ethyl adjacent to an activating group) is 1. The molecule has 1 fully saturated rings. The van der Waals surface area contributed by atoms with Gasteiger partial charge in [0.15, 0.2) is 0 Å². The third-order valence-electron chi connectivity index (χ3n) is 4.11. The van der Waals surface area contributed by atoms with E-state index in [1.165, 1.54) is 31.4 Å². The van der Waals surface area contributed by atoms with E-state index in [0.717, 1.165) is 18.1 Å². The largest absolute Gasteiger partial charge is 0.466 e. The Morgan fingerprint density at radius 3 is 2.78 bits per heavy atom. The van der Waals surface area contributed by atoms with Gasteiger partial charge in [-0.3, -0.25) is 4.90 Å². The van der Waals surface area contributed by atoms with Gasteiger partial charge >= 0.3 is 0 Å². The molecule has 18 heavy (non-hydrogen) atoms. The van der Waals surface area contributed by atoms with Gasteiger partial charge in [0.1, 0.15) is 11.5 Å². The fraction of sp³-hybridized carbons (Fsp3) is 0.733. The molecular formula is C15H26N2O. The Morgan fingerprint density at radius 2 is 2.22 bits per heavy atom. The molecule has 0 spiro atoms. The highest BCUT2D eigenvalue weighted by Gasteiger charge is 2.21. The smallest absolute Gasteiger partial charge is 0.105 e. The molecule has 3 heteroatoms. The van der Waals surface area contributed by atoms with Gasteiger partial charge in [-0.05, 0) is 53.3 Å². The van der Waals surface area contributed by atoms with E-state index in [4.69, 9.17) is 4.42 Å². The Bertz CT molecular complexity index is 380. The highest BCUT2D eigenvalue weighted by atomic mass is 16.3. The lowest BCUT2D eigenvalue weighted by Gasteiger charge is -2.31. The van der Waals surface area contributed by atoms with Gasteiger partial charge in [-0.25, -0.2) is 0 Å². The van der Waals surface area contributed by atoms with Crippen LogP contribution < -0.4 is 5.32 Å². The van der Waals surface area contributed by atoms with Crippen LogP contribution in [0.4, 0.5) is 0 Å². The van der Waals surface area contributed by atoms with Gasteiger partial charge in [0.25, 0.3) is 0 Å². The molecule has 0 aliphatic carbocycles. The number of hydrogen-bond donors (Lipinski definition) is 1. The lowest BCUT2D eigenvalue weighted by atomic mass is 10.0. The average molecular weight is 250 g/mol. The number of nitrogens with zero attached hydrogens (tertiary/aromatic N) is 1. The standard InChI is InChI=1S/C15H26N2O/c1-11-9-15(13(3)18-11)12(2)17(4)10-14-7-5-6-8-16-14/h9,12,14,16H,5-8,10H2,1-4H3. The van der Waals surface area contributed by atoms with E-state index in [-0.39, 0.29) is 0 Å². The molecule has 1 N–H and O–H groups in total. The predicted octanol–water partition coefficient (Wildman–Crippen LogP) is 3.03. The first-order chi connectivity index (χ1) is 8.58. The summed E-state index contributed by atoms with van der Waals surface area (Å²) in [4.78, 5) is 2.43. The zero-order valence-electron chi connectivity index (χ0n) is 12.1. The first-order valence-electron chi connectivity index (χ1n) is 7.08. The number of hydrogen-bond acceptors (Lipinski definition) is 3. The van der Waals surface area contributed by atoms with E-state index in [1.807, 2.05) is 6.92 Å². The van der Waals surface area contributed by atoms with Gasteiger partial charge in [-0.1, -0.05) is 6.42 Å². The Hall–Kier alpha value is -0.800. The summed E-state index contributed by atoms with van der Waals surface area (Å²) in [5.74, 6) is 2.07. The fourth-order valence-electron chi connectivity index (χ4n) is 2.89. The SMILES string of the molecule is Cc1cc(C(C)N(C)CC2CCCCN2)c(C)o1. The molecule has 1 aromatic heterocycles. The van der Waals surface area contributed by atoms with E-state index in [9.17, 15) is 0 Å². The van der Waals surface area contributed by atoms with Gasteiger partial charge < -0.3 is 9.73 Å². The predicted molar refractivity (Wildman–Crippen MR) is 74.9 cm³/mol. The third-order valence-corrected chi connectivity index (χ3v) is 4.11. The van der Waals surface area contributed by atoms with E-state index < -0.39 is 0 Å². The summed E-state index contributed by atoms with van der Waals surface area (Å²) in [6, 6.07) is 3.25. The van der Waals surface area contributed by atoms with E-state index in [1.54, 1.807) is 0 Å². The van der Waals surface area contributed by atoms with Crippen molar-refractivity contribution in [3.8, 4) is 0 Å². The van der Waals surface area contributed by atoms with Crippen molar-refractivity contribution in [2.24, 2.45) is 0 Å². The van der Waals surface area contributed by atoms with Crippen molar-refractivity contribution in [2.75, 3.05) is 20.1 Å². The average Bonchev–Trinajstić information content (AvgIpc) is 2.68. The fourth-order valence-corrected chi connectivity index (χ4v) is 2.89. The first-order valence-corrected chi connectivity index (χ1v) is 7.08. The van der Waals surface area contributed by atoms with Crippen LogP contribution in [0.3, 0.4) is 0 Å². The molecule has 1 aliphatic rings. The van der Waals surface area contributed by atoms with E-state index in [2.05, 4.69) is 37.2 Å². The third kappa shape index (κ3) is 3.15. The normalized spacial score (nSPS) is 22.4. The minimum absolute atomic E-state index is 0.422. The summed E-state index contributed by atoms with van der Waals surface area (Å²) < 4.78 is 5.63. The highest BCUT2D eigenvalue weighted by molar-refractivity contribution is 5.23. The first kappa shape index (κ1) is 13.6. The van der Waals surface area contributed by atoms with Crippen LogP contribution in [0.1, 0.15) is 49.3 Å². The zero-order valence-corrected chi connectivity index (χ0v) is 12.1. The van der Waals surface area contributed by atoms with Crippen LogP contribution in [-0.4, -0.2) is 31.1 Å². The Labute approximate surface area is 111 Å². The molecule has 102 valence electrons. The molecule has 0 bridgehead atoms. The Balaban J connectivity index is 1.95. The molecule has 0 radical (unpaired) electrons. The zero-order chi connectivity index (χ0) is 13.1. The molecular weight excluding hydrogens is 224 g/mol. The van der Waals surface area contributed by atoms with Crippen LogP contribution in [0.5, 0.6) is 0 Å². The molecule has 0 amide bonds. The highest BCUT2D eigenvalue weighted by Crippen LogP contribution is 2.25. The molecule has 2 atom stereocenters. The number of piperidine rings is 1. The molecule has 0 saturated carbocycles. The molecule has 1 aromatic rings. The van der Waals surface area contributed by atoms with Crippen molar-refractivity contribution in [1.82, 2.24) is 10.2 Å². The van der Waals surface area contributed by atoms with Gasteiger partial charge in [-0.2, -0.15) is 0 Å². The van der Waals surface area contributed by atoms with E-state index >= 15 is 0 Å². The maximum atomic E-state index is 5.63. The number of rotatable bonds is 4.